The van der Waals surface area contributed by atoms with E-state index in [0.717, 1.165) is 12.8 Å². The summed E-state index contributed by atoms with van der Waals surface area (Å²) in [6, 6.07) is 0. The molecular formula is C14H22O5. The zero-order valence-electron chi connectivity index (χ0n) is 11.9. The Morgan fingerprint density at radius 1 is 1.42 bits per heavy atom. The summed E-state index contributed by atoms with van der Waals surface area (Å²) in [7, 11) is 1.30. The topological polar surface area (TPSA) is 69.7 Å². The zero-order chi connectivity index (χ0) is 14.5. The first-order valence-electron chi connectivity index (χ1n) is 6.76. The Bertz CT molecular complexity index is 363. The van der Waals surface area contributed by atoms with Crippen LogP contribution in [0.15, 0.2) is 0 Å². The second-order valence-corrected chi connectivity index (χ2v) is 5.04. The van der Waals surface area contributed by atoms with E-state index in [4.69, 9.17) is 4.74 Å². The van der Waals surface area contributed by atoms with Crippen LogP contribution in [0.2, 0.25) is 0 Å². The van der Waals surface area contributed by atoms with Gasteiger partial charge in [-0.25, -0.2) is 0 Å². The van der Waals surface area contributed by atoms with Crippen molar-refractivity contribution in [1.82, 2.24) is 0 Å². The zero-order valence-corrected chi connectivity index (χ0v) is 11.9. The molecule has 1 rings (SSSR count). The number of rotatable bonds is 5. The van der Waals surface area contributed by atoms with Crippen LogP contribution in [0.1, 0.15) is 46.0 Å². The highest BCUT2D eigenvalue weighted by Gasteiger charge is 2.50. The molecule has 0 spiro atoms. The Morgan fingerprint density at radius 2 is 2.11 bits per heavy atom. The molecule has 0 heterocycles. The largest absolute Gasteiger partial charge is 0.469 e. The summed E-state index contributed by atoms with van der Waals surface area (Å²) in [5.41, 5.74) is -1.15. The quantitative estimate of drug-likeness (QED) is 0.563. The van der Waals surface area contributed by atoms with Gasteiger partial charge in [0.1, 0.15) is 5.41 Å². The monoisotopic (exact) mass is 270 g/mol. The summed E-state index contributed by atoms with van der Waals surface area (Å²) in [5.74, 6) is -1.15. The number of carbonyl (C=O) groups excluding carboxylic acids is 3. The number of methoxy groups -OCH3 is 1. The summed E-state index contributed by atoms with van der Waals surface area (Å²) < 4.78 is 9.64. The van der Waals surface area contributed by atoms with E-state index in [2.05, 4.69) is 4.74 Å². The van der Waals surface area contributed by atoms with Crippen molar-refractivity contribution in [3.8, 4) is 0 Å². The lowest BCUT2D eigenvalue weighted by molar-refractivity contribution is -0.165. The molecule has 0 radical (unpaired) electrons. The molecule has 2 unspecified atom stereocenters. The molecule has 0 bridgehead atoms. The van der Waals surface area contributed by atoms with Crippen molar-refractivity contribution in [2.24, 2.45) is 11.3 Å². The summed E-state index contributed by atoms with van der Waals surface area (Å²) in [6.07, 6.45) is 2.30. The second-order valence-electron chi connectivity index (χ2n) is 5.04. The molecule has 0 aromatic heterocycles. The molecule has 2 atom stereocenters. The summed E-state index contributed by atoms with van der Waals surface area (Å²) >= 11 is 0. The van der Waals surface area contributed by atoms with Crippen molar-refractivity contribution in [3.05, 3.63) is 0 Å². The van der Waals surface area contributed by atoms with Crippen molar-refractivity contribution in [2.75, 3.05) is 13.7 Å². The first kappa shape index (κ1) is 15.7. The van der Waals surface area contributed by atoms with E-state index in [1.807, 2.05) is 6.92 Å². The highest BCUT2D eigenvalue weighted by Crippen LogP contribution is 2.41. The van der Waals surface area contributed by atoms with Gasteiger partial charge in [-0.15, -0.1) is 0 Å². The fourth-order valence-corrected chi connectivity index (χ4v) is 2.68. The van der Waals surface area contributed by atoms with E-state index in [-0.39, 0.29) is 31.1 Å². The van der Waals surface area contributed by atoms with Crippen LogP contribution in [-0.2, 0) is 23.9 Å². The maximum Gasteiger partial charge on any atom is 0.319 e. The number of Topliss-reactive ketones (excluding diaryl/α,β-unsaturated/α-hetero) is 1. The van der Waals surface area contributed by atoms with Crippen molar-refractivity contribution in [1.29, 1.82) is 0 Å². The molecule has 0 N–H and O–H groups in total. The van der Waals surface area contributed by atoms with Gasteiger partial charge in [0, 0.05) is 12.3 Å². The lowest BCUT2D eigenvalue weighted by Gasteiger charge is -2.36. The molecule has 1 fully saturated rings. The van der Waals surface area contributed by atoms with E-state index in [1.165, 1.54) is 7.11 Å². The van der Waals surface area contributed by atoms with E-state index >= 15 is 0 Å². The third kappa shape index (κ3) is 3.33. The lowest BCUT2D eigenvalue weighted by atomic mass is 9.66. The van der Waals surface area contributed by atoms with Gasteiger partial charge >= 0.3 is 11.9 Å². The molecule has 1 aliphatic carbocycles. The Hall–Kier alpha value is -1.39. The van der Waals surface area contributed by atoms with Crippen molar-refractivity contribution in [2.45, 2.75) is 46.0 Å². The van der Waals surface area contributed by atoms with Crippen LogP contribution >= 0.6 is 0 Å². The Morgan fingerprint density at radius 3 is 2.68 bits per heavy atom. The van der Waals surface area contributed by atoms with Gasteiger partial charge in [-0.1, -0.05) is 13.3 Å². The molecule has 5 heteroatoms. The smallest absolute Gasteiger partial charge is 0.319 e. The summed E-state index contributed by atoms with van der Waals surface area (Å²) in [5, 5.41) is 0. The van der Waals surface area contributed by atoms with Gasteiger partial charge in [-0.05, 0) is 26.2 Å². The second kappa shape index (κ2) is 6.68. The first-order valence-corrected chi connectivity index (χ1v) is 6.76. The van der Waals surface area contributed by atoms with Crippen molar-refractivity contribution in [3.63, 3.8) is 0 Å². The van der Waals surface area contributed by atoms with Crippen LogP contribution in [-0.4, -0.2) is 31.4 Å². The van der Waals surface area contributed by atoms with Gasteiger partial charge in [0.05, 0.1) is 13.7 Å². The van der Waals surface area contributed by atoms with Gasteiger partial charge in [0.2, 0.25) is 0 Å². The van der Waals surface area contributed by atoms with Gasteiger partial charge < -0.3 is 9.47 Å². The third-order valence-corrected chi connectivity index (χ3v) is 3.81. The SMILES string of the molecule is CCOC(=O)C1(CCC(=O)OC)CCCC(C)C1=O. The van der Waals surface area contributed by atoms with E-state index in [0.29, 0.717) is 6.42 Å². The van der Waals surface area contributed by atoms with Gasteiger partial charge in [0.15, 0.2) is 5.78 Å². The van der Waals surface area contributed by atoms with Crippen LogP contribution in [0.4, 0.5) is 0 Å². The fourth-order valence-electron chi connectivity index (χ4n) is 2.68. The molecule has 5 nitrogen and oxygen atoms in total. The molecule has 1 saturated carbocycles. The Kier molecular flexibility index (Phi) is 5.51. The van der Waals surface area contributed by atoms with Crippen LogP contribution < -0.4 is 0 Å². The Labute approximate surface area is 113 Å². The Balaban J connectivity index is 2.92. The van der Waals surface area contributed by atoms with Gasteiger partial charge in [0.25, 0.3) is 0 Å². The average molecular weight is 270 g/mol. The number of ketones is 1. The molecule has 0 aliphatic heterocycles. The summed E-state index contributed by atoms with van der Waals surface area (Å²) in [6.45, 7) is 3.77. The number of esters is 2. The normalized spacial score (nSPS) is 26.9. The number of ether oxygens (including phenoxy) is 2. The number of carbonyl (C=O) groups is 3. The molecule has 0 aromatic carbocycles. The predicted molar refractivity (Wildman–Crippen MR) is 68.3 cm³/mol. The minimum Gasteiger partial charge on any atom is -0.469 e. The van der Waals surface area contributed by atoms with Crippen molar-refractivity contribution < 1.29 is 23.9 Å². The molecule has 0 aromatic rings. The molecule has 0 amide bonds. The van der Waals surface area contributed by atoms with Crippen LogP contribution in [0.25, 0.3) is 0 Å². The van der Waals surface area contributed by atoms with Gasteiger partial charge in [-0.2, -0.15) is 0 Å². The van der Waals surface area contributed by atoms with Crippen LogP contribution in [0.5, 0.6) is 0 Å². The first-order chi connectivity index (χ1) is 8.97. The molecule has 19 heavy (non-hydrogen) atoms. The lowest BCUT2D eigenvalue weighted by Crippen LogP contribution is -2.46. The minimum absolute atomic E-state index is 0.0633. The fraction of sp³-hybridized carbons (Fsp3) is 0.786. The standard InChI is InChI=1S/C14H22O5/c1-4-19-13(17)14(9-7-11(15)18-3)8-5-6-10(2)12(14)16/h10H,4-9H2,1-3H3. The van der Waals surface area contributed by atoms with Crippen LogP contribution in [0, 0.1) is 11.3 Å². The van der Waals surface area contributed by atoms with E-state index in [1.54, 1.807) is 6.92 Å². The summed E-state index contributed by atoms with van der Waals surface area (Å²) in [4.78, 5) is 35.9. The van der Waals surface area contributed by atoms with Crippen LogP contribution in [0.3, 0.4) is 0 Å². The highest BCUT2D eigenvalue weighted by atomic mass is 16.5. The minimum atomic E-state index is -1.15. The van der Waals surface area contributed by atoms with E-state index < -0.39 is 17.4 Å². The maximum absolute atomic E-state index is 12.4. The third-order valence-electron chi connectivity index (χ3n) is 3.81. The molecular weight excluding hydrogens is 248 g/mol. The van der Waals surface area contributed by atoms with E-state index in [9.17, 15) is 14.4 Å². The van der Waals surface area contributed by atoms with Crippen molar-refractivity contribution >= 4 is 17.7 Å². The highest BCUT2D eigenvalue weighted by molar-refractivity contribution is 6.05. The number of hydrogen-bond donors (Lipinski definition) is 0. The molecule has 108 valence electrons. The molecule has 1 aliphatic rings. The average Bonchev–Trinajstić information content (AvgIpc) is 2.40. The predicted octanol–water partition coefficient (Wildman–Crippen LogP) is 1.88. The number of hydrogen-bond acceptors (Lipinski definition) is 5. The van der Waals surface area contributed by atoms with Gasteiger partial charge in [-0.3, -0.25) is 14.4 Å². The molecule has 0 saturated heterocycles. The maximum atomic E-state index is 12.4.